The van der Waals surface area contributed by atoms with Crippen molar-refractivity contribution in [1.82, 2.24) is 15.2 Å². The first-order valence-corrected chi connectivity index (χ1v) is 16.7. The number of nitrogens with zero attached hydrogens (tertiary/aromatic N) is 3. The van der Waals surface area contributed by atoms with Gasteiger partial charge in [-0.15, -0.1) is 0 Å². The van der Waals surface area contributed by atoms with Gasteiger partial charge in [-0.1, -0.05) is 89.1 Å². The second kappa shape index (κ2) is 13.4. The maximum Gasteiger partial charge on any atom is 0.391 e. The number of methoxy groups -OCH3 is 1. The molecule has 0 bridgehead atoms. The lowest BCUT2D eigenvalue weighted by molar-refractivity contribution is -0.179. The molecule has 5 rings (SSSR count). The van der Waals surface area contributed by atoms with Crippen LogP contribution in [0, 0.1) is 42.1 Å². The Labute approximate surface area is 262 Å². The smallest absolute Gasteiger partial charge is 0.391 e. The van der Waals surface area contributed by atoms with E-state index in [1.165, 1.54) is 45.6 Å². The lowest BCUT2D eigenvalue weighted by Crippen LogP contribution is -2.53. The molecule has 44 heavy (non-hydrogen) atoms. The van der Waals surface area contributed by atoms with Crippen LogP contribution in [0.3, 0.4) is 0 Å². The SMILES string of the molecule is [C-]#[N+]C(C(=O)OC)C(C(=O)OC1C(C2(C)CCCCC2)CC(C)CC1C1(C)CCCCC1)c1nc(-c2ccc(C)cc2)n[nH]1. The van der Waals surface area contributed by atoms with Gasteiger partial charge >= 0.3 is 18.0 Å². The molecule has 238 valence electrons. The van der Waals surface area contributed by atoms with Crippen molar-refractivity contribution in [2.75, 3.05) is 7.11 Å². The minimum Gasteiger partial charge on any atom is -0.463 e. The number of benzene rings is 1. The zero-order chi connectivity index (χ0) is 31.5. The van der Waals surface area contributed by atoms with Gasteiger partial charge in [-0.2, -0.15) is 5.10 Å². The number of nitrogens with one attached hydrogen (secondary N) is 1. The molecule has 3 aliphatic carbocycles. The van der Waals surface area contributed by atoms with Crippen molar-refractivity contribution >= 4 is 11.9 Å². The molecule has 1 aromatic heterocycles. The Hall–Kier alpha value is -3.21. The van der Waals surface area contributed by atoms with Crippen LogP contribution < -0.4 is 0 Å². The molecule has 0 saturated heterocycles. The number of hydrogen-bond donors (Lipinski definition) is 1. The molecule has 4 atom stereocenters. The summed E-state index contributed by atoms with van der Waals surface area (Å²) >= 11 is 0. The monoisotopic (exact) mass is 602 g/mol. The van der Waals surface area contributed by atoms with Gasteiger partial charge in [0.25, 0.3) is 0 Å². The summed E-state index contributed by atoms with van der Waals surface area (Å²) in [6.07, 6.45) is 13.6. The van der Waals surface area contributed by atoms with Gasteiger partial charge in [0.1, 0.15) is 11.9 Å². The third kappa shape index (κ3) is 6.57. The first-order valence-electron chi connectivity index (χ1n) is 16.7. The maximum atomic E-state index is 14.5. The van der Waals surface area contributed by atoms with Crippen LogP contribution in [0.15, 0.2) is 24.3 Å². The summed E-state index contributed by atoms with van der Waals surface area (Å²) in [5.74, 6) is -1.09. The fraction of sp³-hybridized carbons (Fsp3) is 0.694. The first-order chi connectivity index (χ1) is 21.1. The van der Waals surface area contributed by atoms with Gasteiger partial charge in [-0.3, -0.25) is 14.7 Å². The van der Waals surface area contributed by atoms with E-state index < -0.39 is 23.9 Å². The number of carbonyl (C=O) groups is 2. The summed E-state index contributed by atoms with van der Waals surface area (Å²) < 4.78 is 11.8. The van der Waals surface area contributed by atoms with Crippen LogP contribution >= 0.6 is 0 Å². The van der Waals surface area contributed by atoms with Crippen LogP contribution in [-0.2, 0) is 19.1 Å². The molecular formula is C36H50N4O4. The molecule has 1 aromatic carbocycles. The van der Waals surface area contributed by atoms with Crippen molar-refractivity contribution in [2.24, 2.45) is 28.6 Å². The topological polar surface area (TPSA) is 98.5 Å². The Bertz CT molecular complexity index is 1300. The number of H-pyrrole nitrogens is 1. The number of hydrogen-bond acceptors (Lipinski definition) is 6. The van der Waals surface area contributed by atoms with Gasteiger partial charge in [0.05, 0.1) is 7.11 Å². The number of rotatable bonds is 8. The van der Waals surface area contributed by atoms with Crippen LogP contribution in [0.1, 0.15) is 115 Å². The lowest BCUT2D eigenvalue weighted by Gasteiger charge is -2.55. The number of aromatic amines is 1. The van der Waals surface area contributed by atoms with Crippen molar-refractivity contribution in [3.8, 4) is 11.4 Å². The van der Waals surface area contributed by atoms with E-state index in [0.717, 1.165) is 49.7 Å². The second-order valence-corrected chi connectivity index (χ2v) is 14.6. The van der Waals surface area contributed by atoms with Gasteiger partial charge in [0.2, 0.25) is 5.92 Å². The Kier molecular flexibility index (Phi) is 9.82. The van der Waals surface area contributed by atoms with E-state index in [4.69, 9.17) is 16.0 Å². The van der Waals surface area contributed by atoms with Crippen LogP contribution in [-0.4, -0.2) is 46.4 Å². The van der Waals surface area contributed by atoms with Crippen molar-refractivity contribution in [3.63, 3.8) is 0 Å². The van der Waals surface area contributed by atoms with Crippen LogP contribution in [0.4, 0.5) is 0 Å². The van der Waals surface area contributed by atoms with Crippen LogP contribution in [0.25, 0.3) is 16.2 Å². The highest BCUT2D eigenvalue weighted by molar-refractivity contribution is 5.89. The molecule has 3 fully saturated rings. The first kappa shape index (κ1) is 32.2. The van der Waals surface area contributed by atoms with Crippen LogP contribution in [0.2, 0.25) is 0 Å². The number of esters is 2. The highest BCUT2D eigenvalue weighted by atomic mass is 16.5. The van der Waals surface area contributed by atoms with Crippen molar-refractivity contribution < 1.29 is 19.1 Å². The fourth-order valence-electron chi connectivity index (χ4n) is 8.73. The Morgan fingerprint density at radius 3 is 1.98 bits per heavy atom. The van der Waals surface area contributed by atoms with E-state index in [1.54, 1.807) is 0 Å². The zero-order valence-corrected chi connectivity index (χ0v) is 27.2. The van der Waals surface area contributed by atoms with E-state index in [0.29, 0.717) is 11.7 Å². The molecule has 0 amide bonds. The largest absolute Gasteiger partial charge is 0.463 e. The van der Waals surface area contributed by atoms with Crippen LogP contribution in [0.5, 0.6) is 0 Å². The molecule has 2 aromatic rings. The molecule has 8 heteroatoms. The van der Waals surface area contributed by atoms with Crippen molar-refractivity contribution in [1.29, 1.82) is 0 Å². The molecule has 8 nitrogen and oxygen atoms in total. The Balaban J connectivity index is 1.53. The summed E-state index contributed by atoms with van der Waals surface area (Å²) in [6, 6.07) is 6.33. The number of aryl methyl sites for hydroxylation is 1. The molecule has 4 unspecified atom stereocenters. The quantitative estimate of drug-likeness (QED) is 0.244. The molecular weight excluding hydrogens is 552 g/mol. The molecule has 1 N–H and O–H groups in total. The summed E-state index contributed by atoms with van der Waals surface area (Å²) in [5.41, 5.74) is 2.06. The zero-order valence-electron chi connectivity index (χ0n) is 27.2. The average Bonchev–Trinajstić information content (AvgIpc) is 3.50. The Morgan fingerprint density at radius 2 is 1.48 bits per heavy atom. The summed E-state index contributed by atoms with van der Waals surface area (Å²) in [4.78, 5) is 35.7. The van der Waals surface area contributed by atoms with E-state index in [-0.39, 0.29) is 34.6 Å². The van der Waals surface area contributed by atoms with E-state index in [9.17, 15) is 9.59 Å². The van der Waals surface area contributed by atoms with Crippen molar-refractivity contribution in [2.45, 2.75) is 123 Å². The minimum atomic E-state index is -1.43. The highest BCUT2D eigenvalue weighted by Crippen LogP contribution is 2.57. The number of carbonyl (C=O) groups excluding carboxylic acids is 2. The van der Waals surface area contributed by atoms with Crippen molar-refractivity contribution in [3.05, 3.63) is 47.1 Å². The minimum absolute atomic E-state index is 0.0864. The molecule has 3 saturated carbocycles. The molecule has 0 spiro atoms. The van der Waals surface area contributed by atoms with E-state index in [1.807, 2.05) is 31.2 Å². The summed E-state index contributed by atoms with van der Waals surface area (Å²) in [7, 11) is 1.24. The van der Waals surface area contributed by atoms with Gasteiger partial charge in [-0.25, -0.2) is 16.4 Å². The Morgan fingerprint density at radius 1 is 0.932 bits per heavy atom. The standard InChI is InChI=1S/C36H50N4O4/c1-23-13-15-25(16-14-23)31-38-32(40-39-31)28(29(37-5)34(42)43-6)33(41)44-30-26(35(3)17-9-7-10-18-35)21-24(2)22-27(30)36(4)19-11-8-12-20-36/h13-16,24,26-30H,7-12,17-22H2,1-4,6H3,(H,38,39,40). The third-order valence-electron chi connectivity index (χ3n) is 11.4. The van der Waals surface area contributed by atoms with E-state index in [2.05, 4.69) is 40.8 Å². The molecule has 3 aliphatic rings. The normalized spacial score (nSPS) is 27.8. The predicted octanol–water partition coefficient (Wildman–Crippen LogP) is 7.84. The van der Waals surface area contributed by atoms with Gasteiger partial charge in [0, 0.05) is 17.4 Å². The molecule has 0 aliphatic heterocycles. The number of ether oxygens (including phenoxy) is 2. The number of aromatic nitrogens is 3. The fourth-order valence-corrected chi connectivity index (χ4v) is 8.73. The predicted molar refractivity (Wildman–Crippen MR) is 169 cm³/mol. The van der Waals surface area contributed by atoms with E-state index >= 15 is 0 Å². The molecule has 1 heterocycles. The van der Waals surface area contributed by atoms with Gasteiger partial charge in [0.15, 0.2) is 5.82 Å². The lowest BCUT2D eigenvalue weighted by atomic mass is 9.52. The average molecular weight is 603 g/mol. The second-order valence-electron chi connectivity index (χ2n) is 14.6. The highest BCUT2D eigenvalue weighted by Gasteiger charge is 2.55. The summed E-state index contributed by atoms with van der Waals surface area (Å²) in [5, 5.41) is 7.27. The third-order valence-corrected chi connectivity index (χ3v) is 11.4. The maximum absolute atomic E-state index is 14.5. The van der Waals surface area contributed by atoms with Gasteiger partial charge in [-0.05, 0) is 62.2 Å². The van der Waals surface area contributed by atoms with Gasteiger partial charge < -0.3 is 9.47 Å². The molecule has 0 radical (unpaired) electrons. The summed E-state index contributed by atoms with van der Waals surface area (Å²) in [6.45, 7) is 17.1.